The zero-order chi connectivity index (χ0) is 22.8. The molecule has 0 aromatic heterocycles. The lowest BCUT2D eigenvalue weighted by Crippen LogP contribution is -2.15. The first-order valence-electron chi connectivity index (χ1n) is 8.78. The van der Waals surface area contributed by atoms with Gasteiger partial charge in [0.15, 0.2) is 0 Å². The van der Waals surface area contributed by atoms with Crippen molar-refractivity contribution in [3.63, 3.8) is 0 Å². The van der Waals surface area contributed by atoms with Gasteiger partial charge in [0.2, 0.25) is 0 Å². The van der Waals surface area contributed by atoms with Crippen LogP contribution in [0.4, 0.5) is 5.69 Å². The summed E-state index contributed by atoms with van der Waals surface area (Å²) in [6.07, 6.45) is 18.7. The van der Waals surface area contributed by atoms with Crippen molar-refractivity contribution < 1.29 is 14.7 Å². The minimum atomic E-state index is -1.19. The number of nitriles is 1. The molecule has 0 radical (unpaired) electrons. The molecule has 0 unspecified atom stereocenters. The van der Waals surface area contributed by atoms with Gasteiger partial charge in [-0.05, 0) is 57.9 Å². The van der Waals surface area contributed by atoms with Crippen molar-refractivity contribution in [3.8, 4) is 18.9 Å². The van der Waals surface area contributed by atoms with Gasteiger partial charge < -0.3 is 10.4 Å². The number of nitrogens with one attached hydrogen (secondary N) is 1. The third-order valence-electron chi connectivity index (χ3n) is 3.55. The van der Waals surface area contributed by atoms with E-state index in [0.717, 1.165) is 6.42 Å². The van der Waals surface area contributed by atoms with Gasteiger partial charge in [-0.3, -0.25) is 4.79 Å². The highest BCUT2D eigenvalue weighted by Gasteiger charge is 2.13. The number of hydrogen-bond donors (Lipinski definition) is 2. The highest BCUT2D eigenvalue weighted by atomic mass is 16.4. The topological polar surface area (TPSA) is 90.2 Å². The molecule has 2 N–H and O–H groups in total. The average molecular weight is 392 g/mol. The fourth-order valence-corrected chi connectivity index (χ4v) is 1.91. The van der Waals surface area contributed by atoms with Gasteiger partial charge in [0.1, 0.15) is 0 Å². The standard InChI is InChI=1S/C13H12N2O3.C9H14.C2H2/c1-3-8(2)12(16)15-11-5-4-9(7-14)6-10(11)13(17)18;1-4-7-9(6-3)8-5-2;1-2/h3-6H,1-2H3,(H,15,16)(H,17,18);4-6,8H,1,7H2,2-3H3;1-2H/b8-3+;8-5-,9-6-;. The molecule has 1 aromatic carbocycles. The Morgan fingerprint density at radius 3 is 2.28 bits per heavy atom. The first kappa shape index (κ1) is 27.4. The number of anilines is 1. The number of carbonyl (C=O) groups excluding carboxylic acids is 1. The Kier molecular flexibility index (Phi) is 15.4. The van der Waals surface area contributed by atoms with Crippen LogP contribution in [0.15, 0.2) is 66.3 Å². The molecule has 0 aliphatic rings. The van der Waals surface area contributed by atoms with Crippen LogP contribution in [-0.2, 0) is 4.79 Å². The smallest absolute Gasteiger partial charge is 0.337 e. The third-order valence-corrected chi connectivity index (χ3v) is 3.55. The summed E-state index contributed by atoms with van der Waals surface area (Å²) < 4.78 is 0. The van der Waals surface area contributed by atoms with Gasteiger partial charge in [-0.25, -0.2) is 4.79 Å². The molecule has 0 spiro atoms. The normalized spacial score (nSPS) is 10.5. The quantitative estimate of drug-likeness (QED) is 0.290. The highest BCUT2D eigenvalue weighted by Crippen LogP contribution is 2.18. The van der Waals surface area contributed by atoms with Crippen molar-refractivity contribution >= 4 is 17.6 Å². The maximum atomic E-state index is 11.6. The van der Waals surface area contributed by atoms with Crippen LogP contribution < -0.4 is 5.32 Å². The molecule has 1 aromatic rings. The first-order chi connectivity index (χ1) is 13.8. The summed E-state index contributed by atoms with van der Waals surface area (Å²) in [6, 6.07) is 5.93. The summed E-state index contributed by atoms with van der Waals surface area (Å²) >= 11 is 0. The van der Waals surface area contributed by atoms with E-state index >= 15 is 0 Å². The number of carboxylic acids is 1. The molecule has 0 saturated heterocycles. The number of hydrogen-bond acceptors (Lipinski definition) is 3. The maximum absolute atomic E-state index is 11.6. The molecule has 1 rings (SSSR count). The van der Waals surface area contributed by atoms with Gasteiger partial charge in [-0.2, -0.15) is 5.26 Å². The molecule has 5 heteroatoms. The number of nitrogens with zero attached hydrogens (tertiary/aromatic N) is 1. The van der Waals surface area contributed by atoms with Crippen LogP contribution in [0.5, 0.6) is 0 Å². The molecule has 0 fully saturated rings. The van der Waals surface area contributed by atoms with Crippen molar-refractivity contribution in [2.24, 2.45) is 0 Å². The summed E-state index contributed by atoms with van der Waals surface area (Å²) in [5.74, 6) is -1.56. The molecule has 0 bridgehead atoms. The lowest BCUT2D eigenvalue weighted by molar-refractivity contribution is -0.112. The minimum absolute atomic E-state index is 0.105. The predicted molar refractivity (Wildman–Crippen MR) is 119 cm³/mol. The van der Waals surface area contributed by atoms with E-state index in [4.69, 9.17) is 10.4 Å². The van der Waals surface area contributed by atoms with Gasteiger partial charge in [0.05, 0.1) is 22.9 Å². The fraction of sp³-hybridized carbons (Fsp3) is 0.208. The number of amides is 1. The molecule has 0 atom stereocenters. The van der Waals surface area contributed by atoms with Crippen molar-refractivity contribution in [2.45, 2.75) is 34.1 Å². The predicted octanol–water partition coefficient (Wildman–Crippen LogP) is 5.50. The van der Waals surface area contributed by atoms with Crippen LogP contribution in [-0.4, -0.2) is 17.0 Å². The summed E-state index contributed by atoms with van der Waals surface area (Å²) in [4.78, 5) is 22.7. The first-order valence-corrected chi connectivity index (χ1v) is 8.78. The SMILES string of the molecule is C#C.C/C=C(\C)C(=O)Nc1ccc(C#N)cc1C(=O)O.C=CCC(/C=C\C)=C/C. The van der Waals surface area contributed by atoms with Gasteiger partial charge in [-0.15, -0.1) is 19.4 Å². The van der Waals surface area contributed by atoms with Crippen molar-refractivity contribution in [1.29, 1.82) is 5.26 Å². The van der Waals surface area contributed by atoms with Crippen molar-refractivity contribution in [3.05, 3.63) is 77.4 Å². The number of carbonyl (C=O) groups is 2. The van der Waals surface area contributed by atoms with E-state index in [-0.39, 0.29) is 22.7 Å². The molecule has 0 saturated carbocycles. The molecular formula is C24H28N2O3. The Bertz CT molecular complexity index is 851. The number of terminal acetylenes is 1. The van der Waals surface area contributed by atoms with Crippen LogP contribution in [0, 0.1) is 24.2 Å². The number of aromatic carboxylic acids is 1. The summed E-state index contributed by atoms with van der Waals surface area (Å²) in [6.45, 7) is 11.1. The lowest BCUT2D eigenvalue weighted by Gasteiger charge is -2.08. The van der Waals surface area contributed by atoms with Crippen molar-refractivity contribution in [1.82, 2.24) is 0 Å². The minimum Gasteiger partial charge on any atom is -0.478 e. The van der Waals surface area contributed by atoms with Crippen LogP contribution >= 0.6 is 0 Å². The molecule has 29 heavy (non-hydrogen) atoms. The van der Waals surface area contributed by atoms with E-state index in [1.165, 1.54) is 23.8 Å². The van der Waals surface area contributed by atoms with Crippen molar-refractivity contribution in [2.75, 3.05) is 5.32 Å². The zero-order valence-corrected chi connectivity index (χ0v) is 17.4. The number of allylic oxidation sites excluding steroid dienone is 6. The second-order valence-corrected chi connectivity index (χ2v) is 5.46. The second kappa shape index (κ2) is 16.4. The van der Waals surface area contributed by atoms with Crippen LogP contribution in [0.1, 0.15) is 50.0 Å². The molecule has 0 heterocycles. The average Bonchev–Trinajstić information content (AvgIpc) is 2.74. The van der Waals surface area contributed by atoms with Crippen LogP contribution in [0.25, 0.3) is 0 Å². The van der Waals surface area contributed by atoms with E-state index in [9.17, 15) is 9.59 Å². The lowest BCUT2D eigenvalue weighted by atomic mass is 10.1. The van der Waals surface area contributed by atoms with Gasteiger partial charge in [0, 0.05) is 5.57 Å². The van der Waals surface area contributed by atoms with E-state index < -0.39 is 5.97 Å². The molecule has 5 nitrogen and oxygen atoms in total. The monoisotopic (exact) mass is 392 g/mol. The number of carboxylic acid groups (broad SMARTS) is 1. The molecule has 1 amide bonds. The zero-order valence-electron chi connectivity index (χ0n) is 17.4. The Labute approximate surface area is 173 Å². The van der Waals surface area contributed by atoms with Gasteiger partial charge in [-0.1, -0.05) is 30.4 Å². The van der Waals surface area contributed by atoms with Gasteiger partial charge in [0.25, 0.3) is 5.91 Å². The van der Waals surface area contributed by atoms with Gasteiger partial charge >= 0.3 is 5.97 Å². The van der Waals surface area contributed by atoms with Crippen LogP contribution in [0.2, 0.25) is 0 Å². The Morgan fingerprint density at radius 2 is 1.86 bits per heavy atom. The summed E-state index contributed by atoms with van der Waals surface area (Å²) in [5.41, 5.74) is 2.11. The third kappa shape index (κ3) is 10.8. The molecule has 152 valence electrons. The Hall–Kier alpha value is -3.83. The highest BCUT2D eigenvalue weighted by molar-refractivity contribution is 6.07. The maximum Gasteiger partial charge on any atom is 0.337 e. The molecular weight excluding hydrogens is 364 g/mol. The second-order valence-electron chi connectivity index (χ2n) is 5.46. The number of benzene rings is 1. The van der Waals surface area contributed by atoms with Crippen LogP contribution in [0.3, 0.4) is 0 Å². The molecule has 0 aliphatic carbocycles. The number of rotatable bonds is 6. The summed E-state index contributed by atoms with van der Waals surface area (Å²) in [5, 5.41) is 20.2. The van der Waals surface area contributed by atoms with E-state index in [0.29, 0.717) is 5.57 Å². The molecule has 0 aliphatic heterocycles. The van der Waals surface area contributed by atoms with E-state index in [1.807, 2.05) is 32.1 Å². The largest absolute Gasteiger partial charge is 0.478 e. The van der Waals surface area contributed by atoms with E-state index in [1.54, 1.807) is 19.9 Å². The summed E-state index contributed by atoms with van der Waals surface area (Å²) in [7, 11) is 0. The Balaban J connectivity index is 0. The Morgan fingerprint density at radius 1 is 1.24 bits per heavy atom. The van der Waals surface area contributed by atoms with E-state index in [2.05, 4.69) is 36.9 Å². The fourth-order valence-electron chi connectivity index (χ4n) is 1.91.